The third kappa shape index (κ3) is 2.66. The van der Waals surface area contributed by atoms with Gasteiger partial charge in [-0.1, -0.05) is 18.2 Å². The van der Waals surface area contributed by atoms with Crippen molar-refractivity contribution in [1.29, 1.82) is 0 Å². The zero-order valence-corrected chi connectivity index (χ0v) is 10.5. The van der Waals surface area contributed by atoms with Crippen molar-refractivity contribution in [3.8, 4) is 5.75 Å². The van der Waals surface area contributed by atoms with Crippen LogP contribution in [0.15, 0.2) is 35.1 Å². The number of hydrogen-bond donors (Lipinski definition) is 2. The molecule has 0 atom stereocenters. The minimum absolute atomic E-state index is 0.0434. The van der Waals surface area contributed by atoms with E-state index < -0.39 is 0 Å². The quantitative estimate of drug-likeness (QED) is 0.860. The Morgan fingerprint density at radius 2 is 2.11 bits per heavy atom. The summed E-state index contributed by atoms with van der Waals surface area (Å²) < 4.78 is 5.59. The van der Waals surface area contributed by atoms with Crippen LogP contribution >= 0.6 is 0 Å². The van der Waals surface area contributed by atoms with Crippen LogP contribution in [0.4, 0.5) is 0 Å². The van der Waals surface area contributed by atoms with E-state index in [1.165, 1.54) is 0 Å². The van der Waals surface area contributed by atoms with Crippen molar-refractivity contribution >= 4 is 0 Å². The molecule has 19 heavy (non-hydrogen) atoms. The van der Waals surface area contributed by atoms with Crippen LogP contribution in [0.1, 0.15) is 17.1 Å². The summed E-state index contributed by atoms with van der Waals surface area (Å²) in [5.41, 5.74) is 1.59. The van der Waals surface area contributed by atoms with Gasteiger partial charge in [-0.15, -0.1) is 0 Å². The molecule has 0 saturated carbocycles. The Labute approximate surface area is 110 Å². The highest BCUT2D eigenvalue weighted by Crippen LogP contribution is 2.11. The molecule has 0 bridgehead atoms. The van der Waals surface area contributed by atoms with Crippen LogP contribution in [0, 0.1) is 0 Å². The summed E-state index contributed by atoms with van der Waals surface area (Å²) in [7, 11) is 0. The van der Waals surface area contributed by atoms with E-state index in [1.54, 1.807) is 0 Å². The molecule has 2 N–H and O–H groups in total. The van der Waals surface area contributed by atoms with E-state index in [4.69, 9.17) is 4.74 Å². The minimum atomic E-state index is -0.0434. The molecule has 0 fully saturated rings. The van der Waals surface area contributed by atoms with Crippen LogP contribution in [-0.2, 0) is 19.6 Å². The van der Waals surface area contributed by atoms with E-state index in [1.807, 2.05) is 30.3 Å². The van der Waals surface area contributed by atoms with Crippen LogP contribution in [0.3, 0.4) is 0 Å². The van der Waals surface area contributed by atoms with E-state index in [-0.39, 0.29) is 12.2 Å². The maximum absolute atomic E-state index is 11.9. The van der Waals surface area contributed by atoms with Gasteiger partial charge in [-0.2, -0.15) is 0 Å². The van der Waals surface area contributed by atoms with Gasteiger partial charge in [-0.05, 0) is 25.1 Å². The fraction of sp³-hybridized carbons (Fsp3) is 0.286. The molecule has 1 aromatic heterocycles. The van der Waals surface area contributed by atoms with Gasteiger partial charge < -0.3 is 15.0 Å². The summed E-state index contributed by atoms with van der Waals surface area (Å²) in [6, 6.07) is 9.48. The molecule has 5 heteroatoms. The molecule has 0 amide bonds. The van der Waals surface area contributed by atoms with Crippen molar-refractivity contribution in [2.24, 2.45) is 0 Å². The van der Waals surface area contributed by atoms with Crippen molar-refractivity contribution in [1.82, 2.24) is 15.3 Å². The predicted octanol–water partition coefficient (Wildman–Crippen LogP) is 0.995. The molecule has 1 aromatic carbocycles. The number of aromatic amines is 1. The lowest BCUT2D eigenvalue weighted by atomic mass is 10.1. The largest absolute Gasteiger partial charge is 0.486 e. The maximum Gasteiger partial charge on any atom is 0.254 e. The molecule has 0 saturated heterocycles. The summed E-state index contributed by atoms with van der Waals surface area (Å²) in [5.74, 6) is 1.33. The third-order valence-electron chi connectivity index (χ3n) is 3.11. The van der Waals surface area contributed by atoms with Gasteiger partial charge in [0.15, 0.2) is 0 Å². The van der Waals surface area contributed by atoms with Crippen molar-refractivity contribution in [2.45, 2.75) is 19.6 Å². The molecule has 5 nitrogen and oxygen atoms in total. The van der Waals surface area contributed by atoms with Crippen molar-refractivity contribution < 1.29 is 4.74 Å². The summed E-state index contributed by atoms with van der Waals surface area (Å²) in [6.07, 6.45) is 0.734. The Kier molecular flexibility index (Phi) is 3.29. The molecule has 0 aliphatic carbocycles. The third-order valence-corrected chi connectivity index (χ3v) is 3.11. The fourth-order valence-corrected chi connectivity index (χ4v) is 2.16. The van der Waals surface area contributed by atoms with Crippen LogP contribution in [0.25, 0.3) is 0 Å². The minimum Gasteiger partial charge on any atom is -0.486 e. The van der Waals surface area contributed by atoms with Gasteiger partial charge in [-0.25, -0.2) is 4.98 Å². The molecule has 1 aliphatic heterocycles. The molecule has 2 heterocycles. The number of rotatable bonds is 3. The monoisotopic (exact) mass is 257 g/mol. The van der Waals surface area contributed by atoms with Gasteiger partial charge in [0, 0.05) is 12.1 Å². The molecular weight excluding hydrogens is 242 g/mol. The highest BCUT2D eigenvalue weighted by Gasteiger charge is 2.15. The van der Waals surface area contributed by atoms with Crippen LogP contribution in [-0.4, -0.2) is 16.5 Å². The molecular formula is C14H15N3O2. The topological polar surface area (TPSA) is 67.0 Å². The lowest BCUT2D eigenvalue weighted by Crippen LogP contribution is -2.32. The number of benzene rings is 1. The Hall–Kier alpha value is -2.14. The zero-order chi connectivity index (χ0) is 13.1. The molecule has 98 valence electrons. The zero-order valence-electron chi connectivity index (χ0n) is 10.5. The highest BCUT2D eigenvalue weighted by molar-refractivity contribution is 5.22. The molecule has 0 radical (unpaired) electrons. The predicted molar refractivity (Wildman–Crippen MR) is 71.0 cm³/mol. The number of H-pyrrole nitrogens is 1. The lowest BCUT2D eigenvalue weighted by molar-refractivity contribution is 0.294. The van der Waals surface area contributed by atoms with Crippen LogP contribution in [0.2, 0.25) is 0 Å². The van der Waals surface area contributed by atoms with Gasteiger partial charge in [-0.3, -0.25) is 4.79 Å². The van der Waals surface area contributed by atoms with E-state index >= 15 is 0 Å². The van der Waals surface area contributed by atoms with Gasteiger partial charge in [0.05, 0.1) is 5.69 Å². The van der Waals surface area contributed by atoms with Crippen molar-refractivity contribution in [3.63, 3.8) is 0 Å². The Balaban J connectivity index is 1.78. The molecule has 2 aromatic rings. The normalized spacial score (nSPS) is 13.9. The van der Waals surface area contributed by atoms with E-state index in [9.17, 15) is 4.79 Å². The number of nitrogens with one attached hydrogen (secondary N) is 2. The first-order valence-electron chi connectivity index (χ1n) is 6.32. The maximum atomic E-state index is 11.9. The lowest BCUT2D eigenvalue weighted by Gasteiger charge is -2.16. The highest BCUT2D eigenvalue weighted by atomic mass is 16.5. The first kappa shape index (κ1) is 11.9. The number of nitrogens with zero attached hydrogens (tertiary/aromatic N) is 1. The number of ether oxygens (including phenoxy) is 1. The molecule has 0 spiro atoms. The smallest absolute Gasteiger partial charge is 0.254 e. The van der Waals surface area contributed by atoms with E-state index in [2.05, 4.69) is 15.3 Å². The van der Waals surface area contributed by atoms with E-state index in [0.29, 0.717) is 12.4 Å². The number of para-hydroxylation sites is 1. The fourth-order valence-electron chi connectivity index (χ4n) is 2.16. The summed E-state index contributed by atoms with van der Waals surface area (Å²) in [5, 5.41) is 3.21. The van der Waals surface area contributed by atoms with Gasteiger partial charge in [0.25, 0.3) is 5.56 Å². The molecule has 0 unspecified atom stereocenters. The van der Waals surface area contributed by atoms with Crippen molar-refractivity contribution in [2.75, 3.05) is 6.54 Å². The second-order valence-electron chi connectivity index (χ2n) is 4.47. The molecule has 3 rings (SSSR count). The summed E-state index contributed by atoms with van der Waals surface area (Å²) >= 11 is 0. The number of aromatic nitrogens is 2. The SMILES string of the molecule is O=c1[nH]c(COc2ccccc2)nc2c1CCNC2. The first-order chi connectivity index (χ1) is 9.33. The van der Waals surface area contributed by atoms with E-state index in [0.717, 1.165) is 30.0 Å². The average molecular weight is 257 g/mol. The average Bonchev–Trinajstić information content (AvgIpc) is 2.46. The molecule has 1 aliphatic rings. The number of fused-ring (bicyclic) bond motifs is 1. The standard InChI is InChI=1S/C14H15N3O2/c18-14-11-6-7-15-8-12(11)16-13(17-14)9-19-10-4-2-1-3-5-10/h1-5,15H,6-9H2,(H,16,17,18). The van der Waals surface area contributed by atoms with Gasteiger partial charge in [0.2, 0.25) is 0 Å². The Morgan fingerprint density at radius 1 is 1.26 bits per heavy atom. The van der Waals surface area contributed by atoms with Crippen LogP contribution < -0.4 is 15.6 Å². The van der Waals surface area contributed by atoms with Gasteiger partial charge >= 0.3 is 0 Å². The number of hydrogen-bond acceptors (Lipinski definition) is 4. The first-order valence-corrected chi connectivity index (χ1v) is 6.32. The summed E-state index contributed by atoms with van der Waals surface area (Å²) in [4.78, 5) is 19.1. The Bertz CT molecular complexity index is 622. The summed E-state index contributed by atoms with van der Waals surface area (Å²) in [6.45, 7) is 1.75. The Morgan fingerprint density at radius 3 is 2.95 bits per heavy atom. The van der Waals surface area contributed by atoms with Crippen molar-refractivity contribution in [3.05, 3.63) is 57.8 Å². The second kappa shape index (κ2) is 5.24. The second-order valence-corrected chi connectivity index (χ2v) is 4.47. The van der Waals surface area contributed by atoms with Crippen LogP contribution in [0.5, 0.6) is 5.75 Å². The van der Waals surface area contributed by atoms with Gasteiger partial charge in [0.1, 0.15) is 18.2 Å².